The average Bonchev–Trinajstić information content (AvgIpc) is 2.80. The van der Waals surface area contributed by atoms with Gasteiger partial charge in [0, 0.05) is 19.3 Å². The normalized spacial score (nSPS) is 20.5. The first-order valence-corrected chi connectivity index (χ1v) is 6.53. The lowest BCUT2D eigenvalue weighted by Gasteiger charge is -2.22. The van der Waals surface area contributed by atoms with Crippen molar-refractivity contribution in [2.24, 2.45) is 10.7 Å². The van der Waals surface area contributed by atoms with Gasteiger partial charge in [-0.05, 0) is 12.1 Å². The monoisotopic (exact) mass is 280 g/mol. The van der Waals surface area contributed by atoms with E-state index < -0.39 is 0 Å². The summed E-state index contributed by atoms with van der Waals surface area (Å²) >= 11 is 5.06. The van der Waals surface area contributed by atoms with Crippen LogP contribution >= 0.6 is 11.6 Å². The molecule has 1 amide bonds. The van der Waals surface area contributed by atoms with E-state index in [-0.39, 0.29) is 10.4 Å². The highest BCUT2D eigenvalue weighted by Gasteiger charge is 2.36. The highest BCUT2D eigenvalue weighted by Crippen LogP contribution is 2.21. The second kappa shape index (κ2) is 7.19. The third-order valence-corrected chi connectivity index (χ3v) is 3.06. The Kier molecular flexibility index (Phi) is 5.89. The van der Waals surface area contributed by atoms with Crippen molar-refractivity contribution in [1.82, 2.24) is 0 Å². The minimum absolute atomic E-state index is 0.0469. The van der Waals surface area contributed by atoms with E-state index in [9.17, 15) is 4.79 Å². The van der Waals surface area contributed by atoms with Crippen molar-refractivity contribution < 1.29 is 9.28 Å². The van der Waals surface area contributed by atoms with Crippen LogP contribution in [0.1, 0.15) is 17.3 Å². The quantitative estimate of drug-likeness (QED) is 0.668. The van der Waals surface area contributed by atoms with Crippen LogP contribution in [-0.4, -0.2) is 36.2 Å². The van der Waals surface area contributed by atoms with Gasteiger partial charge >= 0.3 is 5.91 Å². The van der Waals surface area contributed by atoms with Crippen LogP contribution in [0.25, 0.3) is 0 Å². The van der Waals surface area contributed by atoms with Gasteiger partial charge in [0.05, 0.1) is 18.8 Å². The average molecular weight is 281 g/mol. The maximum absolute atomic E-state index is 12.2. The predicted molar refractivity (Wildman–Crippen MR) is 79.0 cm³/mol. The van der Waals surface area contributed by atoms with Gasteiger partial charge in [0.15, 0.2) is 0 Å². The fourth-order valence-corrected chi connectivity index (χ4v) is 1.55. The van der Waals surface area contributed by atoms with E-state index in [1.165, 1.54) is 0 Å². The molecule has 1 aromatic carbocycles. The van der Waals surface area contributed by atoms with Crippen LogP contribution in [0.15, 0.2) is 47.2 Å². The van der Waals surface area contributed by atoms with E-state index in [1.807, 2.05) is 44.3 Å². The Hall–Kier alpha value is -1.49. The summed E-state index contributed by atoms with van der Waals surface area (Å²) in [5.41, 5.74) is 6.54. The van der Waals surface area contributed by atoms with Crippen LogP contribution < -0.4 is 5.73 Å². The molecule has 0 saturated heterocycles. The number of carbonyl (C=O) groups excluding carboxylic acids is 1. The summed E-state index contributed by atoms with van der Waals surface area (Å²) < 4.78 is 0.143. The molecule has 1 aliphatic heterocycles. The zero-order valence-corrected chi connectivity index (χ0v) is 12.0. The van der Waals surface area contributed by atoms with Crippen molar-refractivity contribution >= 4 is 23.8 Å². The number of quaternary nitrogens is 1. The van der Waals surface area contributed by atoms with Gasteiger partial charge in [0.25, 0.3) is 0 Å². The molecule has 0 aliphatic carbocycles. The number of amides is 1. The summed E-state index contributed by atoms with van der Waals surface area (Å²) in [6, 6.07) is 9.28. The standard InChI is InChI=1S/C12H13N2O.C2H6ClN/c1-10-8-13-9-14(10,2)12(15)11-6-4-3-5-7-11;3-1-2-4/h3-9H,1-2H3;1-2,4H2/q+1;. The Balaban J connectivity index is 0.000000399. The summed E-state index contributed by atoms with van der Waals surface area (Å²) in [4.78, 5) is 16.2. The van der Waals surface area contributed by atoms with Crippen molar-refractivity contribution in [3.63, 3.8) is 0 Å². The number of nitrogens with zero attached hydrogens (tertiary/aromatic N) is 2. The van der Waals surface area contributed by atoms with Crippen LogP contribution in [0.3, 0.4) is 0 Å². The van der Waals surface area contributed by atoms with Gasteiger partial charge in [-0.15, -0.1) is 11.6 Å². The number of hydrogen-bond donors (Lipinski definition) is 1. The molecule has 1 unspecified atom stereocenters. The Bertz CT molecular complexity index is 483. The Morgan fingerprint density at radius 3 is 2.37 bits per heavy atom. The highest BCUT2D eigenvalue weighted by molar-refractivity contribution is 6.18. The molecule has 4 nitrogen and oxygen atoms in total. The van der Waals surface area contributed by atoms with E-state index in [2.05, 4.69) is 4.99 Å². The SMILES string of the molecule is CC1=CN=C[N+]1(C)C(=O)c1ccccc1.NCCCl. The van der Waals surface area contributed by atoms with Gasteiger partial charge < -0.3 is 5.73 Å². The smallest absolute Gasteiger partial charge is 0.329 e. The third-order valence-electron chi connectivity index (χ3n) is 2.84. The van der Waals surface area contributed by atoms with Crippen LogP contribution in [-0.2, 0) is 0 Å². The van der Waals surface area contributed by atoms with Crippen LogP contribution in [0.4, 0.5) is 0 Å². The summed E-state index contributed by atoms with van der Waals surface area (Å²) in [6.07, 6.45) is 3.38. The van der Waals surface area contributed by atoms with E-state index in [4.69, 9.17) is 17.3 Å². The maximum Gasteiger partial charge on any atom is 0.356 e. The fraction of sp³-hybridized carbons (Fsp3) is 0.286. The van der Waals surface area contributed by atoms with Crippen molar-refractivity contribution in [3.8, 4) is 0 Å². The largest absolute Gasteiger partial charge is 0.356 e. The molecule has 0 bridgehead atoms. The number of halogens is 1. The van der Waals surface area contributed by atoms with Gasteiger partial charge in [-0.2, -0.15) is 4.48 Å². The first-order chi connectivity index (χ1) is 9.06. The van der Waals surface area contributed by atoms with Crippen LogP contribution in [0, 0.1) is 0 Å². The highest BCUT2D eigenvalue weighted by atomic mass is 35.5. The molecular weight excluding hydrogens is 262 g/mol. The molecule has 2 N–H and O–H groups in total. The Morgan fingerprint density at radius 1 is 1.37 bits per heavy atom. The van der Waals surface area contributed by atoms with E-state index in [0.29, 0.717) is 18.0 Å². The number of carbonyl (C=O) groups is 1. The number of alkyl halides is 1. The van der Waals surface area contributed by atoms with Gasteiger partial charge in [-0.3, -0.25) is 0 Å². The molecular formula is C14H19ClN3O+. The first-order valence-electron chi connectivity index (χ1n) is 6.00. The van der Waals surface area contributed by atoms with Gasteiger partial charge in [0.2, 0.25) is 6.34 Å². The van der Waals surface area contributed by atoms with Gasteiger partial charge in [-0.1, -0.05) is 18.2 Å². The third kappa shape index (κ3) is 3.73. The number of hydrogen-bond acceptors (Lipinski definition) is 3. The zero-order valence-electron chi connectivity index (χ0n) is 11.2. The summed E-state index contributed by atoms with van der Waals surface area (Å²) in [6.45, 7) is 2.50. The van der Waals surface area contributed by atoms with Crippen molar-refractivity contribution in [2.45, 2.75) is 6.92 Å². The van der Waals surface area contributed by atoms with E-state index in [0.717, 1.165) is 5.70 Å². The van der Waals surface area contributed by atoms with E-state index in [1.54, 1.807) is 12.5 Å². The number of benzene rings is 1. The summed E-state index contributed by atoms with van der Waals surface area (Å²) in [5, 5.41) is 0. The lowest BCUT2D eigenvalue weighted by atomic mass is 10.2. The molecule has 0 fully saturated rings. The Labute approximate surface area is 118 Å². The molecule has 1 aromatic rings. The molecule has 102 valence electrons. The Morgan fingerprint density at radius 2 is 1.95 bits per heavy atom. The molecule has 19 heavy (non-hydrogen) atoms. The van der Waals surface area contributed by atoms with E-state index >= 15 is 0 Å². The molecule has 0 spiro atoms. The van der Waals surface area contributed by atoms with Crippen LogP contribution in [0.2, 0.25) is 0 Å². The topological polar surface area (TPSA) is 55.5 Å². The molecule has 0 radical (unpaired) electrons. The first kappa shape index (κ1) is 15.6. The maximum atomic E-state index is 12.2. The van der Waals surface area contributed by atoms with Crippen molar-refractivity contribution in [2.75, 3.05) is 19.5 Å². The molecule has 1 atom stereocenters. The lowest BCUT2D eigenvalue weighted by Crippen LogP contribution is -2.44. The minimum atomic E-state index is 0.0469. The molecule has 2 rings (SSSR count). The van der Waals surface area contributed by atoms with Crippen molar-refractivity contribution in [3.05, 3.63) is 47.8 Å². The van der Waals surface area contributed by atoms with Gasteiger partial charge in [-0.25, -0.2) is 9.79 Å². The number of nitrogens with two attached hydrogens (primary N) is 1. The van der Waals surface area contributed by atoms with Gasteiger partial charge in [0.1, 0.15) is 5.70 Å². The predicted octanol–water partition coefficient (Wildman–Crippen LogP) is 2.36. The molecule has 1 aliphatic rings. The second-order valence-electron chi connectivity index (χ2n) is 4.26. The lowest BCUT2D eigenvalue weighted by molar-refractivity contribution is -0.679. The van der Waals surface area contributed by atoms with Crippen LogP contribution in [0.5, 0.6) is 0 Å². The summed E-state index contributed by atoms with van der Waals surface area (Å²) in [7, 11) is 1.84. The van der Waals surface area contributed by atoms with Crippen molar-refractivity contribution in [1.29, 1.82) is 0 Å². The number of rotatable bonds is 2. The molecule has 0 saturated carbocycles. The zero-order chi connectivity index (χ0) is 14.3. The fourth-order valence-electron chi connectivity index (χ4n) is 1.55. The number of allylic oxidation sites excluding steroid dienone is 1. The number of aliphatic imine (C=N–C) groups is 1. The summed E-state index contributed by atoms with van der Waals surface area (Å²) in [5.74, 6) is 0.616. The minimum Gasteiger partial charge on any atom is -0.329 e. The molecule has 1 heterocycles. The molecule has 0 aromatic heterocycles. The second-order valence-corrected chi connectivity index (χ2v) is 4.64. The molecule has 5 heteroatoms.